The Morgan fingerprint density at radius 3 is 2.04 bits per heavy atom. The van der Waals surface area contributed by atoms with Gasteiger partial charge in [-0.3, -0.25) is 9.59 Å². The fraction of sp³-hybridized carbons (Fsp3) is 0.483. The van der Waals surface area contributed by atoms with Crippen LogP contribution in [0, 0.1) is 17.7 Å². The van der Waals surface area contributed by atoms with Crippen molar-refractivity contribution in [2.24, 2.45) is 11.8 Å². The van der Waals surface area contributed by atoms with Crippen LogP contribution in [-0.4, -0.2) is 50.5 Å². The standard InChI is InChI=1S/C29H28F8N2O5S/c1-15(41)39-25(2,3)24(42)38-23-13-18(14-40)26(45(43,44)20-8-6-19(30)7-9-20)21-11-5-17(12-16(21)4-10-22(23)26)27(31,28(32,33)34)29(35,36)37/h5-9,11-12,14,18,22-23H,4,10,13H2,1-3H3,(H,38,42)(H,39,41)/t18?,22-,23+,26-/m0/s1. The summed E-state index contributed by atoms with van der Waals surface area (Å²) in [7, 11) is -4.84. The number of carbonyl (C=O) groups excluding carboxylic acids is 3. The third-order valence-corrected chi connectivity index (χ3v) is 11.2. The SMILES string of the molecule is CC(=O)NC(C)(C)C(=O)N[C@@H]1CC(C=O)[C@]2(S(=O)(=O)c3ccc(F)cc3)c3ccc(C(F)(C(F)(F)F)C(F)(F)F)cc3CC[C@@H]12. The summed E-state index contributed by atoms with van der Waals surface area (Å²) in [4.78, 5) is 37.0. The molecule has 1 saturated carbocycles. The summed E-state index contributed by atoms with van der Waals surface area (Å²) in [6, 6.07) is 3.48. The van der Waals surface area contributed by atoms with Crippen molar-refractivity contribution in [3.8, 4) is 0 Å². The van der Waals surface area contributed by atoms with Crippen LogP contribution in [0.2, 0.25) is 0 Å². The van der Waals surface area contributed by atoms with Gasteiger partial charge in [-0.05, 0) is 68.5 Å². The number of amides is 2. The van der Waals surface area contributed by atoms with Crippen LogP contribution < -0.4 is 10.6 Å². The number of hydrogen-bond acceptors (Lipinski definition) is 5. The topological polar surface area (TPSA) is 109 Å². The minimum Gasteiger partial charge on any atom is -0.351 e. The zero-order valence-corrected chi connectivity index (χ0v) is 24.8. The third-order valence-electron chi connectivity index (χ3n) is 8.63. The first-order chi connectivity index (χ1) is 20.6. The van der Waals surface area contributed by atoms with Crippen LogP contribution in [0.5, 0.6) is 0 Å². The fourth-order valence-corrected chi connectivity index (χ4v) is 9.31. The molecule has 1 unspecified atom stereocenters. The molecule has 246 valence electrons. The van der Waals surface area contributed by atoms with Crippen LogP contribution >= 0.6 is 0 Å². The van der Waals surface area contributed by atoms with Gasteiger partial charge in [0.25, 0.3) is 0 Å². The number of nitrogens with one attached hydrogen (secondary N) is 2. The number of fused-ring (bicyclic) bond motifs is 3. The molecule has 2 aromatic carbocycles. The number of aryl methyl sites for hydroxylation is 1. The Hall–Kier alpha value is -3.56. The highest BCUT2D eigenvalue weighted by molar-refractivity contribution is 7.92. The first-order valence-corrected chi connectivity index (χ1v) is 15.1. The number of benzene rings is 2. The van der Waals surface area contributed by atoms with Gasteiger partial charge in [0.05, 0.1) is 4.90 Å². The van der Waals surface area contributed by atoms with Crippen molar-refractivity contribution in [3.63, 3.8) is 0 Å². The molecule has 7 nitrogen and oxygen atoms in total. The zero-order valence-electron chi connectivity index (χ0n) is 23.9. The molecule has 0 heterocycles. The summed E-state index contributed by atoms with van der Waals surface area (Å²) in [6.45, 7) is 3.88. The molecular formula is C29H28F8N2O5S. The molecule has 0 saturated heterocycles. The van der Waals surface area contributed by atoms with Crippen LogP contribution in [-0.2, 0) is 41.1 Å². The highest BCUT2D eigenvalue weighted by atomic mass is 32.2. The van der Waals surface area contributed by atoms with Crippen molar-refractivity contribution in [3.05, 3.63) is 65.0 Å². The normalized spacial score (nSPS) is 23.9. The zero-order chi connectivity index (χ0) is 34.0. The van der Waals surface area contributed by atoms with E-state index in [2.05, 4.69) is 10.6 Å². The number of aldehydes is 1. The van der Waals surface area contributed by atoms with E-state index in [9.17, 15) is 53.5 Å². The molecule has 2 amide bonds. The van der Waals surface area contributed by atoms with E-state index >= 15 is 4.39 Å². The van der Waals surface area contributed by atoms with Crippen LogP contribution in [0.15, 0.2) is 47.4 Å². The Morgan fingerprint density at radius 1 is 0.956 bits per heavy atom. The molecule has 0 spiro atoms. The van der Waals surface area contributed by atoms with Crippen LogP contribution in [0.3, 0.4) is 0 Å². The van der Waals surface area contributed by atoms with Gasteiger partial charge in [0.2, 0.25) is 11.8 Å². The van der Waals surface area contributed by atoms with E-state index in [0.717, 1.165) is 31.2 Å². The highest BCUT2D eigenvalue weighted by Crippen LogP contribution is 2.60. The Kier molecular flexibility index (Phi) is 8.43. The van der Waals surface area contributed by atoms with Crippen LogP contribution in [0.1, 0.15) is 50.3 Å². The van der Waals surface area contributed by atoms with E-state index in [0.29, 0.717) is 12.1 Å². The molecule has 4 rings (SSSR count). The first-order valence-electron chi connectivity index (χ1n) is 13.6. The lowest BCUT2D eigenvalue weighted by Crippen LogP contribution is -2.58. The van der Waals surface area contributed by atoms with Gasteiger partial charge in [-0.2, -0.15) is 26.3 Å². The largest absolute Gasteiger partial charge is 0.435 e. The minimum absolute atomic E-state index is 0.192. The molecule has 1 fully saturated rings. The monoisotopic (exact) mass is 668 g/mol. The average Bonchev–Trinajstić information content (AvgIpc) is 3.25. The van der Waals surface area contributed by atoms with Crippen molar-refractivity contribution < 1.29 is 57.9 Å². The maximum absolute atomic E-state index is 15.0. The highest BCUT2D eigenvalue weighted by Gasteiger charge is 2.74. The van der Waals surface area contributed by atoms with E-state index in [1.807, 2.05) is 0 Å². The van der Waals surface area contributed by atoms with Gasteiger partial charge in [0.1, 0.15) is 22.4 Å². The summed E-state index contributed by atoms with van der Waals surface area (Å²) in [5, 5.41) is 5.08. The molecule has 2 aliphatic carbocycles. The molecule has 4 atom stereocenters. The molecule has 0 aliphatic heterocycles. The molecule has 0 bridgehead atoms. The number of rotatable bonds is 7. The molecular weight excluding hydrogens is 640 g/mol. The van der Waals surface area contributed by atoms with Gasteiger partial charge >= 0.3 is 18.0 Å². The van der Waals surface area contributed by atoms with E-state index in [-0.39, 0.29) is 42.7 Å². The Bertz CT molecular complexity index is 1610. The van der Waals surface area contributed by atoms with Gasteiger partial charge in [-0.25, -0.2) is 17.2 Å². The quantitative estimate of drug-likeness (QED) is 0.246. The minimum atomic E-state index is -6.43. The number of carbonyl (C=O) groups is 3. The van der Waals surface area contributed by atoms with Crippen LogP contribution in [0.4, 0.5) is 35.1 Å². The fourth-order valence-electron chi connectivity index (χ4n) is 6.71. The lowest BCUT2D eigenvalue weighted by atomic mass is 9.71. The maximum Gasteiger partial charge on any atom is 0.435 e. The third kappa shape index (κ3) is 5.27. The molecule has 2 aliphatic rings. The summed E-state index contributed by atoms with van der Waals surface area (Å²) in [5.41, 5.74) is -9.84. The number of halogens is 8. The average molecular weight is 669 g/mol. The van der Waals surface area contributed by atoms with Crippen molar-refractivity contribution in [2.45, 2.75) is 79.3 Å². The summed E-state index contributed by atoms with van der Waals surface area (Å²) >= 11 is 0. The van der Waals surface area contributed by atoms with E-state index < -0.39 is 84.1 Å². The predicted octanol–water partition coefficient (Wildman–Crippen LogP) is 4.97. The maximum atomic E-state index is 15.0. The molecule has 16 heteroatoms. The molecule has 2 aromatic rings. The summed E-state index contributed by atoms with van der Waals surface area (Å²) in [6.07, 6.45) is -13.5. The molecule has 0 aromatic heterocycles. The number of sulfone groups is 1. The van der Waals surface area contributed by atoms with E-state index in [1.165, 1.54) is 13.8 Å². The first kappa shape index (κ1) is 34.3. The van der Waals surface area contributed by atoms with Crippen molar-refractivity contribution in [1.82, 2.24) is 10.6 Å². The second kappa shape index (κ2) is 11.1. The van der Waals surface area contributed by atoms with Gasteiger partial charge in [-0.1, -0.05) is 18.2 Å². The van der Waals surface area contributed by atoms with E-state index in [4.69, 9.17) is 0 Å². The smallest absolute Gasteiger partial charge is 0.351 e. The number of hydrogen-bond donors (Lipinski definition) is 2. The Labute approximate surface area is 252 Å². The van der Waals surface area contributed by atoms with Crippen LogP contribution in [0.25, 0.3) is 0 Å². The van der Waals surface area contributed by atoms with Gasteiger partial charge in [0, 0.05) is 30.4 Å². The summed E-state index contributed by atoms with van der Waals surface area (Å²) < 4.78 is 137. The van der Waals surface area contributed by atoms with E-state index in [1.54, 1.807) is 0 Å². The van der Waals surface area contributed by atoms with Crippen molar-refractivity contribution in [1.29, 1.82) is 0 Å². The summed E-state index contributed by atoms with van der Waals surface area (Å²) in [5.74, 6) is -4.85. The van der Waals surface area contributed by atoms with Crippen molar-refractivity contribution >= 4 is 27.9 Å². The van der Waals surface area contributed by atoms with Gasteiger partial charge < -0.3 is 15.4 Å². The van der Waals surface area contributed by atoms with Crippen molar-refractivity contribution in [2.75, 3.05) is 0 Å². The second-order valence-electron chi connectivity index (χ2n) is 11.8. The van der Waals surface area contributed by atoms with Gasteiger partial charge in [-0.15, -0.1) is 0 Å². The molecule has 45 heavy (non-hydrogen) atoms. The molecule has 0 radical (unpaired) electrons. The molecule has 2 N–H and O–H groups in total. The lowest BCUT2D eigenvalue weighted by molar-refractivity contribution is -0.348. The predicted molar refractivity (Wildman–Crippen MR) is 142 cm³/mol. The Morgan fingerprint density at radius 2 is 1.53 bits per heavy atom. The number of alkyl halides is 7. The lowest BCUT2D eigenvalue weighted by Gasteiger charge is -2.44. The second-order valence-corrected chi connectivity index (χ2v) is 13.9. The van der Waals surface area contributed by atoms with Gasteiger partial charge in [0.15, 0.2) is 9.84 Å². The Balaban J connectivity index is 1.97.